The molecule has 1 aliphatic rings. The van der Waals surface area contributed by atoms with Crippen LogP contribution in [0.15, 0.2) is 16.6 Å². The third-order valence-electron chi connectivity index (χ3n) is 3.59. The number of hydrogen-bond donors (Lipinski definition) is 1. The smallest absolute Gasteiger partial charge is 0.128 e. The predicted octanol–water partition coefficient (Wildman–Crippen LogP) is 3.85. The molecule has 1 aromatic carbocycles. The van der Waals surface area contributed by atoms with Gasteiger partial charge in [0, 0.05) is 16.5 Å². The second kappa shape index (κ2) is 5.40. The maximum atomic E-state index is 10.5. The Labute approximate surface area is 111 Å². The average Bonchev–Trinajstić information content (AvgIpc) is 2.77. The molecule has 3 heteroatoms. The highest BCUT2D eigenvalue weighted by molar-refractivity contribution is 9.10. The van der Waals surface area contributed by atoms with Gasteiger partial charge in [-0.3, -0.25) is 0 Å². The third kappa shape index (κ3) is 2.50. The zero-order chi connectivity index (χ0) is 12.4. The van der Waals surface area contributed by atoms with Crippen LogP contribution in [0.1, 0.15) is 43.9 Å². The summed E-state index contributed by atoms with van der Waals surface area (Å²) in [6.45, 7) is 4.97. The van der Waals surface area contributed by atoms with Crippen LogP contribution in [-0.2, 0) is 6.42 Å². The van der Waals surface area contributed by atoms with Gasteiger partial charge in [0.15, 0.2) is 0 Å². The molecule has 0 fully saturated rings. The van der Waals surface area contributed by atoms with Gasteiger partial charge in [0.1, 0.15) is 5.75 Å². The van der Waals surface area contributed by atoms with Crippen molar-refractivity contribution in [2.75, 3.05) is 6.61 Å². The molecule has 1 N–H and O–H groups in total. The highest BCUT2D eigenvalue weighted by atomic mass is 79.9. The van der Waals surface area contributed by atoms with E-state index >= 15 is 0 Å². The first kappa shape index (κ1) is 12.9. The van der Waals surface area contributed by atoms with E-state index in [1.54, 1.807) is 0 Å². The molecule has 94 valence electrons. The maximum Gasteiger partial charge on any atom is 0.128 e. The molecule has 1 atom stereocenters. The molecule has 0 spiro atoms. The molecule has 0 aliphatic carbocycles. The maximum absolute atomic E-state index is 10.5. The fourth-order valence-corrected chi connectivity index (χ4v) is 3.03. The molecule has 1 aliphatic heterocycles. The predicted molar refractivity (Wildman–Crippen MR) is 72.4 cm³/mol. The van der Waals surface area contributed by atoms with Crippen LogP contribution in [0.2, 0.25) is 0 Å². The molecular formula is C14H19BrO2. The minimum atomic E-state index is -0.422. The van der Waals surface area contributed by atoms with Crippen molar-refractivity contribution in [2.45, 2.75) is 39.2 Å². The van der Waals surface area contributed by atoms with E-state index in [9.17, 15) is 5.11 Å². The van der Waals surface area contributed by atoms with Crippen molar-refractivity contribution in [1.82, 2.24) is 0 Å². The van der Waals surface area contributed by atoms with Gasteiger partial charge in [-0.1, -0.05) is 42.6 Å². The van der Waals surface area contributed by atoms with Crippen LogP contribution in [0.3, 0.4) is 0 Å². The summed E-state index contributed by atoms with van der Waals surface area (Å²) < 4.78 is 6.69. The Morgan fingerprint density at radius 3 is 2.71 bits per heavy atom. The van der Waals surface area contributed by atoms with Gasteiger partial charge in [0.2, 0.25) is 0 Å². The van der Waals surface area contributed by atoms with E-state index in [0.717, 1.165) is 41.7 Å². The van der Waals surface area contributed by atoms with E-state index in [1.807, 2.05) is 6.07 Å². The lowest BCUT2D eigenvalue weighted by Crippen LogP contribution is -2.12. The molecule has 2 nitrogen and oxygen atoms in total. The molecule has 0 saturated heterocycles. The molecule has 1 heterocycles. The van der Waals surface area contributed by atoms with E-state index in [-0.39, 0.29) is 0 Å². The molecule has 0 saturated carbocycles. The SMILES string of the molecule is CCC(CC)C(O)c1cc(Br)cc2c1OCC2. The van der Waals surface area contributed by atoms with E-state index < -0.39 is 6.10 Å². The Balaban J connectivity index is 2.38. The van der Waals surface area contributed by atoms with Crippen molar-refractivity contribution in [1.29, 1.82) is 0 Å². The zero-order valence-corrected chi connectivity index (χ0v) is 12.0. The Morgan fingerprint density at radius 2 is 2.06 bits per heavy atom. The highest BCUT2D eigenvalue weighted by Gasteiger charge is 2.25. The standard InChI is InChI=1S/C14H19BrO2/c1-3-9(4-2)13(16)12-8-11(15)7-10-5-6-17-14(10)12/h7-9,13,16H,3-6H2,1-2H3. The second-order valence-electron chi connectivity index (χ2n) is 4.60. The van der Waals surface area contributed by atoms with Crippen molar-refractivity contribution >= 4 is 15.9 Å². The van der Waals surface area contributed by atoms with Gasteiger partial charge < -0.3 is 9.84 Å². The largest absolute Gasteiger partial charge is 0.493 e. The van der Waals surface area contributed by atoms with Gasteiger partial charge in [-0.2, -0.15) is 0 Å². The number of halogens is 1. The zero-order valence-electron chi connectivity index (χ0n) is 10.4. The van der Waals surface area contributed by atoms with E-state index in [1.165, 1.54) is 5.56 Å². The summed E-state index contributed by atoms with van der Waals surface area (Å²) in [6, 6.07) is 4.08. The second-order valence-corrected chi connectivity index (χ2v) is 5.52. The van der Waals surface area contributed by atoms with Crippen molar-refractivity contribution < 1.29 is 9.84 Å². The normalized spacial score (nSPS) is 15.8. The van der Waals surface area contributed by atoms with Crippen molar-refractivity contribution in [3.8, 4) is 5.75 Å². The van der Waals surface area contributed by atoms with Gasteiger partial charge in [0.05, 0.1) is 12.7 Å². The van der Waals surface area contributed by atoms with Gasteiger partial charge in [-0.15, -0.1) is 0 Å². The molecular weight excluding hydrogens is 280 g/mol. The quantitative estimate of drug-likeness (QED) is 0.915. The fourth-order valence-electron chi connectivity index (χ4n) is 2.51. The summed E-state index contributed by atoms with van der Waals surface area (Å²) in [5.74, 6) is 1.21. The molecule has 0 radical (unpaired) electrons. The number of benzene rings is 1. The Hall–Kier alpha value is -0.540. The molecule has 1 aromatic rings. The van der Waals surface area contributed by atoms with Crippen LogP contribution in [0.4, 0.5) is 0 Å². The van der Waals surface area contributed by atoms with Crippen molar-refractivity contribution in [3.05, 3.63) is 27.7 Å². The first-order valence-corrected chi connectivity index (χ1v) is 7.09. The van der Waals surface area contributed by atoms with Crippen molar-refractivity contribution in [3.63, 3.8) is 0 Å². The number of hydrogen-bond acceptors (Lipinski definition) is 2. The summed E-state index contributed by atoms with van der Waals surface area (Å²) >= 11 is 3.51. The third-order valence-corrected chi connectivity index (χ3v) is 4.05. The van der Waals surface area contributed by atoms with Crippen LogP contribution in [0.25, 0.3) is 0 Å². The summed E-state index contributed by atoms with van der Waals surface area (Å²) in [5, 5.41) is 10.5. The molecule has 0 aromatic heterocycles. The Morgan fingerprint density at radius 1 is 1.35 bits per heavy atom. The molecule has 1 unspecified atom stereocenters. The number of fused-ring (bicyclic) bond motifs is 1. The summed E-state index contributed by atoms with van der Waals surface area (Å²) in [7, 11) is 0. The van der Waals surface area contributed by atoms with E-state index in [0.29, 0.717) is 5.92 Å². The molecule has 0 amide bonds. The number of ether oxygens (including phenoxy) is 1. The molecule has 17 heavy (non-hydrogen) atoms. The van der Waals surface area contributed by atoms with E-state index in [4.69, 9.17) is 4.74 Å². The lowest BCUT2D eigenvalue weighted by atomic mass is 9.90. The number of aliphatic hydroxyl groups is 1. The topological polar surface area (TPSA) is 29.5 Å². The lowest BCUT2D eigenvalue weighted by Gasteiger charge is -2.22. The van der Waals surface area contributed by atoms with Gasteiger partial charge in [0.25, 0.3) is 0 Å². The fraction of sp³-hybridized carbons (Fsp3) is 0.571. The number of aliphatic hydroxyl groups excluding tert-OH is 1. The summed E-state index contributed by atoms with van der Waals surface area (Å²) in [5.41, 5.74) is 2.15. The van der Waals surface area contributed by atoms with Gasteiger partial charge in [-0.05, 0) is 23.6 Å². The summed E-state index contributed by atoms with van der Waals surface area (Å²) in [6.07, 6.45) is 2.49. The van der Waals surface area contributed by atoms with Crippen LogP contribution >= 0.6 is 15.9 Å². The monoisotopic (exact) mass is 298 g/mol. The minimum absolute atomic E-state index is 0.303. The first-order chi connectivity index (χ1) is 8.17. The molecule has 2 rings (SSSR count). The molecule has 0 bridgehead atoms. The first-order valence-electron chi connectivity index (χ1n) is 6.30. The van der Waals surface area contributed by atoms with Crippen LogP contribution < -0.4 is 4.74 Å². The van der Waals surface area contributed by atoms with Crippen LogP contribution in [-0.4, -0.2) is 11.7 Å². The highest BCUT2D eigenvalue weighted by Crippen LogP contribution is 2.40. The Kier molecular flexibility index (Phi) is 4.10. The van der Waals surface area contributed by atoms with Gasteiger partial charge in [-0.25, -0.2) is 0 Å². The van der Waals surface area contributed by atoms with Crippen LogP contribution in [0, 0.1) is 5.92 Å². The van der Waals surface area contributed by atoms with Crippen LogP contribution in [0.5, 0.6) is 5.75 Å². The summed E-state index contributed by atoms with van der Waals surface area (Å²) in [4.78, 5) is 0. The van der Waals surface area contributed by atoms with Gasteiger partial charge >= 0.3 is 0 Å². The lowest BCUT2D eigenvalue weighted by molar-refractivity contribution is 0.100. The van der Waals surface area contributed by atoms with Crippen molar-refractivity contribution in [2.24, 2.45) is 5.92 Å². The minimum Gasteiger partial charge on any atom is -0.493 e. The number of rotatable bonds is 4. The van der Waals surface area contributed by atoms with E-state index in [2.05, 4.69) is 35.8 Å². The average molecular weight is 299 g/mol. The Bertz CT molecular complexity index is 399.